The first-order valence-electron chi connectivity index (χ1n) is 5.26. The molecule has 0 saturated carbocycles. The van der Waals surface area contributed by atoms with Gasteiger partial charge in [-0.05, 0) is 18.2 Å². The molecule has 88 valence electrons. The van der Waals surface area contributed by atoms with Crippen molar-refractivity contribution in [1.82, 2.24) is 9.13 Å². The molecule has 5 nitrogen and oxygen atoms in total. The maximum Gasteiger partial charge on any atom is 0.329 e. The molecule has 0 atom stereocenters. The standard InChI is InChI=1S/C12H14N4O/c1-15-9-8-11(16(2)12(15)17)14-13-10-6-4-3-5-7-10/h3-9,13H,1-2H3/b14-11-. The van der Waals surface area contributed by atoms with Crippen molar-refractivity contribution in [3.63, 3.8) is 0 Å². The van der Waals surface area contributed by atoms with Crippen LogP contribution in [0.4, 0.5) is 5.69 Å². The third-order valence-corrected chi connectivity index (χ3v) is 2.45. The van der Waals surface area contributed by atoms with Gasteiger partial charge in [-0.3, -0.25) is 9.99 Å². The van der Waals surface area contributed by atoms with Crippen LogP contribution in [0.25, 0.3) is 0 Å². The molecule has 0 amide bonds. The SMILES string of the molecule is Cn1cc/c(=N/Nc2ccccc2)n(C)c1=O. The number of para-hydroxylation sites is 1. The molecule has 1 aromatic heterocycles. The molecular formula is C12H14N4O. The molecule has 0 aliphatic carbocycles. The summed E-state index contributed by atoms with van der Waals surface area (Å²) >= 11 is 0. The van der Waals surface area contributed by atoms with E-state index in [9.17, 15) is 4.79 Å². The van der Waals surface area contributed by atoms with Crippen molar-refractivity contribution in [3.05, 3.63) is 58.6 Å². The van der Waals surface area contributed by atoms with Gasteiger partial charge in [-0.25, -0.2) is 4.79 Å². The van der Waals surface area contributed by atoms with Gasteiger partial charge in [0, 0.05) is 20.3 Å². The molecule has 0 fully saturated rings. The quantitative estimate of drug-likeness (QED) is 0.770. The highest BCUT2D eigenvalue weighted by Gasteiger charge is 1.95. The summed E-state index contributed by atoms with van der Waals surface area (Å²) in [6.45, 7) is 0. The van der Waals surface area contributed by atoms with Gasteiger partial charge in [0.15, 0.2) is 5.49 Å². The summed E-state index contributed by atoms with van der Waals surface area (Å²) in [5.41, 5.74) is 4.26. The molecule has 0 spiro atoms. The van der Waals surface area contributed by atoms with Gasteiger partial charge in [-0.2, -0.15) is 5.10 Å². The molecule has 0 saturated heterocycles. The lowest BCUT2D eigenvalue weighted by Crippen LogP contribution is -2.36. The van der Waals surface area contributed by atoms with E-state index in [-0.39, 0.29) is 5.69 Å². The molecule has 5 heteroatoms. The average molecular weight is 230 g/mol. The number of rotatable bonds is 2. The predicted molar refractivity (Wildman–Crippen MR) is 66.3 cm³/mol. The Kier molecular flexibility index (Phi) is 3.09. The third kappa shape index (κ3) is 2.44. The van der Waals surface area contributed by atoms with Crippen molar-refractivity contribution >= 4 is 5.69 Å². The van der Waals surface area contributed by atoms with Crippen LogP contribution in [0, 0.1) is 0 Å². The molecule has 0 radical (unpaired) electrons. The lowest BCUT2D eigenvalue weighted by molar-refractivity contribution is 0.672. The minimum atomic E-state index is -0.110. The van der Waals surface area contributed by atoms with Crippen LogP contribution >= 0.6 is 0 Å². The maximum absolute atomic E-state index is 11.6. The highest BCUT2D eigenvalue weighted by molar-refractivity contribution is 5.41. The van der Waals surface area contributed by atoms with Crippen molar-refractivity contribution in [2.75, 3.05) is 5.43 Å². The van der Waals surface area contributed by atoms with E-state index in [1.165, 1.54) is 9.13 Å². The topological polar surface area (TPSA) is 51.3 Å². The van der Waals surface area contributed by atoms with Gasteiger partial charge in [0.1, 0.15) is 0 Å². The van der Waals surface area contributed by atoms with E-state index in [0.29, 0.717) is 5.49 Å². The maximum atomic E-state index is 11.6. The molecular weight excluding hydrogens is 216 g/mol. The van der Waals surface area contributed by atoms with Gasteiger partial charge in [0.05, 0.1) is 5.69 Å². The highest BCUT2D eigenvalue weighted by atomic mass is 16.1. The summed E-state index contributed by atoms with van der Waals surface area (Å²) in [5.74, 6) is 0. The number of nitrogens with zero attached hydrogens (tertiary/aromatic N) is 3. The molecule has 0 aliphatic rings. The van der Waals surface area contributed by atoms with Gasteiger partial charge in [-0.15, -0.1) is 0 Å². The zero-order valence-corrected chi connectivity index (χ0v) is 9.79. The molecule has 17 heavy (non-hydrogen) atoms. The number of aromatic nitrogens is 2. The minimum Gasteiger partial charge on any atom is -0.304 e. The van der Waals surface area contributed by atoms with E-state index in [1.807, 2.05) is 30.3 Å². The van der Waals surface area contributed by atoms with Crippen LogP contribution < -0.4 is 16.6 Å². The van der Waals surface area contributed by atoms with E-state index < -0.39 is 0 Å². The Bertz CT molecular complexity index is 625. The molecule has 1 N–H and O–H groups in total. The van der Waals surface area contributed by atoms with E-state index in [4.69, 9.17) is 0 Å². The van der Waals surface area contributed by atoms with Gasteiger partial charge in [0.25, 0.3) is 0 Å². The molecule has 1 aromatic carbocycles. The number of hydrogen-bond donors (Lipinski definition) is 1. The van der Waals surface area contributed by atoms with E-state index >= 15 is 0 Å². The normalized spacial score (nSPS) is 11.5. The lowest BCUT2D eigenvalue weighted by atomic mass is 10.3. The average Bonchev–Trinajstić information content (AvgIpc) is 2.36. The molecule has 0 aliphatic heterocycles. The largest absolute Gasteiger partial charge is 0.329 e. The fourth-order valence-electron chi connectivity index (χ4n) is 1.44. The Hall–Kier alpha value is -2.30. The summed E-state index contributed by atoms with van der Waals surface area (Å²) in [7, 11) is 3.39. The summed E-state index contributed by atoms with van der Waals surface area (Å²) in [4.78, 5) is 11.6. The number of anilines is 1. The van der Waals surface area contributed by atoms with Crippen LogP contribution in [0.1, 0.15) is 0 Å². The van der Waals surface area contributed by atoms with E-state index in [0.717, 1.165) is 5.69 Å². The first-order chi connectivity index (χ1) is 8.18. The zero-order valence-electron chi connectivity index (χ0n) is 9.79. The van der Waals surface area contributed by atoms with Crippen LogP contribution in [0.3, 0.4) is 0 Å². The monoisotopic (exact) mass is 230 g/mol. The Labute approximate surface area is 98.7 Å². The van der Waals surface area contributed by atoms with E-state index in [1.54, 1.807) is 26.4 Å². The summed E-state index contributed by atoms with van der Waals surface area (Å²) in [6, 6.07) is 11.4. The number of benzene rings is 1. The molecule has 2 rings (SSSR count). The highest BCUT2D eigenvalue weighted by Crippen LogP contribution is 2.03. The van der Waals surface area contributed by atoms with Crippen molar-refractivity contribution in [1.29, 1.82) is 0 Å². The third-order valence-electron chi connectivity index (χ3n) is 2.45. The smallest absolute Gasteiger partial charge is 0.304 e. The second-order valence-electron chi connectivity index (χ2n) is 3.72. The number of nitrogens with one attached hydrogen (secondary N) is 1. The molecule has 0 bridgehead atoms. The number of aryl methyl sites for hydroxylation is 1. The second kappa shape index (κ2) is 4.69. The van der Waals surface area contributed by atoms with E-state index in [2.05, 4.69) is 10.5 Å². The number of hydrogen-bond acceptors (Lipinski definition) is 3. The first-order valence-corrected chi connectivity index (χ1v) is 5.26. The molecule has 2 aromatic rings. The van der Waals surface area contributed by atoms with Crippen molar-refractivity contribution in [2.24, 2.45) is 19.2 Å². The van der Waals surface area contributed by atoms with Crippen molar-refractivity contribution in [3.8, 4) is 0 Å². The Morgan fingerprint density at radius 1 is 1.12 bits per heavy atom. The fraction of sp³-hybridized carbons (Fsp3) is 0.167. The van der Waals surface area contributed by atoms with Gasteiger partial charge in [-0.1, -0.05) is 18.2 Å². The van der Waals surface area contributed by atoms with Gasteiger partial charge < -0.3 is 4.57 Å². The van der Waals surface area contributed by atoms with Crippen molar-refractivity contribution < 1.29 is 0 Å². The molecule has 1 heterocycles. The Morgan fingerprint density at radius 3 is 2.53 bits per heavy atom. The fourth-order valence-corrected chi connectivity index (χ4v) is 1.44. The predicted octanol–water partition coefficient (Wildman–Crippen LogP) is 0.652. The summed E-state index contributed by atoms with van der Waals surface area (Å²) < 4.78 is 2.98. The van der Waals surface area contributed by atoms with Crippen LogP contribution in [0.15, 0.2) is 52.5 Å². The lowest BCUT2D eigenvalue weighted by Gasteiger charge is -2.03. The molecule has 0 unspecified atom stereocenters. The Balaban J connectivity index is 2.36. The summed E-state index contributed by atoms with van der Waals surface area (Å²) in [6.07, 6.45) is 1.69. The Morgan fingerprint density at radius 2 is 1.82 bits per heavy atom. The van der Waals surface area contributed by atoms with Crippen LogP contribution in [-0.4, -0.2) is 9.13 Å². The minimum absolute atomic E-state index is 0.110. The van der Waals surface area contributed by atoms with Crippen LogP contribution in [0.5, 0.6) is 0 Å². The second-order valence-corrected chi connectivity index (χ2v) is 3.72. The van der Waals surface area contributed by atoms with Crippen molar-refractivity contribution in [2.45, 2.75) is 0 Å². The van der Waals surface area contributed by atoms with Gasteiger partial charge >= 0.3 is 5.69 Å². The zero-order chi connectivity index (χ0) is 12.3. The summed E-state index contributed by atoms with van der Waals surface area (Å²) in [5, 5.41) is 4.18. The van der Waals surface area contributed by atoms with Crippen LogP contribution in [-0.2, 0) is 14.1 Å². The first kappa shape index (κ1) is 11.2. The van der Waals surface area contributed by atoms with Crippen LogP contribution in [0.2, 0.25) is 0 Å². The van der Waals surface area contributed by atoms with Gasteiger partial charge in [0.2, 0.25) is 0 Å².